The molecule has 14 nitrogen and oxygen atoms in total. The standard InChI is InChI=1S/C22H20N4O3.C19H14N4O3.C3H7I/c1-2-7-27-16-4-6-20-18(9-16)22(12-28-21(23)26-22)17-8-14(3-5-19(17)29-20)15-10-24-13-25-11-15;20-18-23-19(9-25-18)14-5-11(12-7-21-10-22-8-12)1-3-16(14)26-17-4-2-13(24)6-15(17)19;1-2-3-4/h3-6,8-11,13H,2,7,12H2,1H3,(H2,23,26);1-8,10,24H,9H2,(H2,20,23);2-3H2,1H3. The van der Waals surface area contributed by atoms with Crippen molar-refractivity contribution in [3.63, 3.8) is 0 Å². The Kier molecular flexibility index (Phi) is 11.2. The van der Waals surface area contributed by atoms with Gasteiger partial charge in [0.05, 0.1) is 6.61 Å². The van der Waals surface area contributed by atoms with Crippen molar-refractivity contribution in [3.05, 3.63) is 132 Å². The molecule has 10 rings (SSSR count). The topological polar surface area (TPSA) is 195 Å². The third-order valence-electron chi connectivity index (χ3n) is 10.0. The maximum absolute atomic E-state index is 9.99. The van der Waals surface area contributed by atoms with E-state index in [1.54, 1.807) is 43.0 Å². The zero-order chi connectivity index (χ0) is 41.0. The summed E-state index contributed by atoms with van der Waals surface area (Å²) in [5.41, 5.74) is 17.1. The van der Waals surface area contributed by atoms with E-state index < -0.39 is 11.1 Å². The molecule has 2 atom stereocenters. The number of ether oxygens (including phenoxy) is 5. The summed E-state index contributed by atoms with van der Waals surface area (Å²) in [4.78, 5) is 25.7. The summed E-state index contributed by atoms with van der Waals surface area (Å²) < 4.78 is 30.5. The molecular weight excluding hydrogens is 863 g/mol. The van der Waals surface area contributed by atoms with Crippen LogP contribution in [0.1, 0.15) is 48.9 Å². The first-order valence-corrected chi connectivity index (χ1v) is 20.6. The summed E-state index contributed by atoms with van der Waals surface area (Å²) in [6.07, 6.45) is 12.3. The number of phenols is 1. The molecule has 4 aliphatic rings. The van der Waals surface area contributed by atoms with Crippen molar-refractivity contribution < 1.29 is 28.8 Å². The van der Waals surface area contributed by atoms with Crippen molar-refractivity contribution in [2.75, 3.05) is 24.2 Å². The van der Waals surface area contributed by atoms with Crippen LogP contribution in [0.3, 0.4) is 0 Å². The summed E-state index contributed by atoms with van der Waals surface area (Å²) in [5, 5.41) is 9.99. The second-order valence-electron chi connectivity index (χ2n) is 14.0. The number of hydrogen-bond donors (Lipinski definition) is 3. The molecule has 2 aromatic heterocycles. The van der Waals surface area contributed by atoms with Gasteiger partial charge in [-0.2, -0.15) is 0 Å². The van der Waals surface area contributed by atoms with E-state index >= 15 is 0 Å². The SMILES string of the molecule is CCCI.CCCOc1ccc2c(c1)C1(COC(N)=N1)c1cc(-c3cncnc3)ccc1O2.NC1=NC2(CO1)c1cc(O)ccc1Oc1ccc(-c3cncnc3)cc12. The normalized spacial score (nSPS) is 18.6. The monoisotopic (exact) mass is 904 g/mol. The smallest absolute Gasteiger partial charge is 0.283 e. The molecule has 300 valence electrons. The van der Waals surface area contributed by atoms with Crippen LogP contribution in [-0.4, -0.2) is 61.3 Å². The van der Waals surface area contributed by atoms with E-state index in [0.29, 0.717) is 30.3 Å². The highest BCUT2D eigenvalue weighted by atomic mass is 127. The Labute approximate surface area is 354 Å². The van der Waals surface area contributed by atoms with Crippen LogP contribution in [-0.2, 0) is 20.6 Å². The first-order valence-electron chi connectivity index (χ1n) is 19.1. The molecule has 0 bridgehead atoms. The molecule has 0 saturated heterocycles. The van der Waals surface area contributed by atoms with E-state index in [1.807, 2.05) is 54.6 Å². The minimum atomic E-state index is -0.864. The Bertz CT molecular complexity index is 2540. The van der Waals surface area contributed by atoms with Crippen LogP contribution in [0.25, 0.3) is 22.3 Å². The van der Waals surface area contributed by atoms with Crippen LogP contribution in [0.4, 0.5) is 0 Å². The molecule has 4 aromatic carbocycles. The molecule has 2 spiro atoms. The van der Waals surface area contributed by atoms with E-state index in [9.17, 15) is 5.11 Å². The van der Waals surface area contributed by atoms with Crippen LogP contribution < -0.4 is 25.7 Å². The Morgan fingerprint density at radius 3 is 1.49 bits per heavy atom. The molecule has 6 aromatic rings. The molecule has 15 heteroatoms. The van der Waals surface area contributed by atoms with Crippen molar-refractivity contribution in [3.8, 4) is 56.8 Å². The van der Waals surface area contributed by atoms with E-state index in [0.717, 1.165) is 62.6 Å². The van der Waals surface area contributed by atoms with Crippen LogP contribution in [0.15, 0.2) is 120 Å². The molecule has 0 radical (unpaired) electrons. The predicted octanol–water partition coefficient (Wildman–Crippen LogP) is 8.00. The fourth-order valence-electron chi connectivity index (χ4n) is 7.24. The molecule has 59 heavy (non-hydrogen) atoms. The Morgan fingerprint density at radius 2 is 1.05 bits per heavy atom. The Balaban J connectivity index is 0.000000151. The van der Waals surface area contributed by atoms with Gasteiger partial charge in [0.2, 0.25) is 0 Å². The highest BCUT2D eigenvalue weighted by Crippen LogP contribution is 2.54. The van der Waals surface area contributed by atoms with Crippen molar-refractivity contribution >= 4 is 34.6 Å². The summed E-state index contributed by atoms with van der Waals surface area (Å²) in [5.74, 6) is 3.63. The number of nitrogens with zero attached hydrogens (tertiary/aromatic N) is 6. The fraction of sp³-hybridized carbons (Fsp3) is 0.227. The number of aromatic nitrogens is 4. The van der Waals surface area contributed by atoms with Gasteiger partial charge in [0, 0.05) is 58.2 Å². The average molecular weight is 905 g/mol. The molecule has 0 amide bonds. The van der Waals surface area contributed by atoms with Gasteiger partial charge in [0.1, 0.15) is 60.4 Å². The largest absolute Gasteiger partial charge is 0.508 e. The van der Waals surface area contributed by atoms with E-state index in [1.165, 1.54) is 23.5 Å². The summed E-state index contributed by atoms with van der Waals surface area (Å²) in [7, 11) is 0. The van der Waals surface area contributed by atoms with Gasteiger partial charge in [-0.3, -0.25) is 0 Å². The Hall–Kier alpha value is -6.49. The van der Waals surface area contributed by atoms with Gasteiger partial charge < -0.3 is 40.3 Å². The maximum Gasteiger partial charge on any atom is 0.283 e. The van der Waals surface area contributed by atoms with Crippen molar-refractivity contribution in [1.82, 2.24) is 19.9 Å². The highest BCUT2D eigenvalue weighted by molar-refractivity contribution is 14.1. The number of phenolic OH excluding ortho intramolecular Hbond substituents is 1. The molecule has 0 aliphatic carbocycles. The Morgan fingerprint density at radius 1 is 0.610 bits per heavy atom. The minimum absolute atomic E-state index is 0.112. The lowest BCUT2D eigenvalue weighted by Gasteiger charge is -2.34. The first-order chi connectivity index (χ1) is 28.8. The molecule has 0 fully saturated rings. The van der Waals surface area contributed by atoms with E-state index in [2.05, 4.69) is 61.4 Å². The zero-order valence-corrected chi connectivity index (χ0v) is 34.5. The number of amidine groups is 2. The number of aromatic hydroxyl groups is 1. The molecule has 6 heterocycles. The molecule has 0 saturated carbocycles. The third-order valence-corrected chi connectivity index (χ3v) is 11.1. The average Bonchev–Trinajstić information content (AvgIpc) is 3.87. The van der Waals surface area contributed by atoms with E-state index in [4.69, 9.17) is 40.1 Å². The van der Waals surface area contributed by atoms with Gasteiger partial charge in [-0.05, 0) is 89.1 Å². The van der Waals surface area contributed by atoms with Gasteiger partial charge in [0.25, 0.3) is 12.0 Å². The predicted molar refractivity (Wildman–Crippen MR) is 231 cm³/mol. The van der Waals surface area contributed by atoms with Crippen molar-refractivity contribution in [2.45, 2.75) is 37.8 Å². The zero-order valence-electron chi connectivity index (χ0n) is 32.3. The number of aliphatic imine (C=N–C) groups is 2. The van der Waals surface area contributed by atoms with Crippen molar-refractivity contribution in [2.24, 2.45) is 21.5 Å². The molecule has 4 aliphatic heterocycles. The summed E-state index contributed by atoms with van der Waals surface area (Å²) >= 11 is 2.35. The minimum Gasteiger partial charge on any atom is -0.508 e. The van der Waals surface area contributed by atoms with Gasteiger partial charge in [0.15, 0.2) is 11.1 Å². The van der Waals surface area contributed by atoms with Gasteiger partial charge in [-0.15, -0.1) is 0 Å². The third kappa shape index (κ3) is 7.65. The number of halogens is 1. The lowest BCUT2D eigenvalue weighted by molar-refractivity contribution is 0.263. The first kappa shape index (κ1) is 39.3. The number of alkyl halides is 1. The highest BCUT2D eigenvalue weighted by Gasteiger charge is 2.48. The number of rotatable bonds is 6. The van der Waals surface area contributed by atoms with Gasteiger partial charge in [-0.25, -0.2) is 29.9 Å². The maximum atomic E-state index is 9.99. The fourth-order valence-corrected chi connectivity index (χ4v) is 7.24. The quantitative estimate of drug-likeness (QED) is 0.108. The lowest BCUT2D eigenvalue weighted by atomic mass is 9.80. The molecule has 2 unspecified atom stereocenters. The summed E-state index contributed by atoms with van der Waals surface area (Å²) in [6.45, 7) is 5.42. The lowest BCUT2D eigenvalue weighted by Crippen LogP contribution is -2.31. The number of benzene rings is 4. The number of nitrogens with two attached hydrogens (primary N) is 2. The number of fused-ring (bicyclic) bond motifs is 8. The van der Waals surface area contributed by atoms with Gasteiger partial charge in [-0.1, -0.05) is 48.6 Å². The van der Waals surface area contributed by atoms with Crippen LogP contribution >= 0.6 is 22.6 Å². The van der Waals surface area contributed by atoms with Crippen LogP contribution in [0.2, 0.25) is 0 Å². The number of hydrogen-bond acceptors (Lipinski definition) is 14. The molecular formula is C44H41IN8O6. The summed E-state index contributed by atoms with van der Waals surface area (Å²) in [6, 6.07) is 22.8. The van der Waals surface area contributed by atoms with Crippen LogP contribution in [0.5, 0.6) is 34.5 Å². The van der Waals surface area contributed by atoms with Gasteiger partial charge >= 0.3 is 0 Å². The second-order valence-corrected chi connectivity index (χ2v) is 15.0. The van der Waals surface area contributed by atoms with Crippen molar-refractivity contribution in [1.29, 1.82) is 0 Å². The second kappa shape index (κ2) is 16.8. The molecule has 5 N–H and O–H groups in total. The van der Waals surface area contributed by atoms with Crippen LogP contribution in [0, 0.1) is 0 Å². The van der Waals surface area contributed by atoms with E-state index in [-0.39, 0.29) is 24.4 Å².